The Morgan fingerprint density at radius 2 is 2.00 bits per heavy atom. The largest absolute Gasteiger partial charge is 0.497 e. The van der Waals surface area contributed by atoms with Gasteiger partial charge in [0.15, 0.2) is 5.96 Å². The van der Waals surface area contributed by atoms with Crippen molar-refractivity contribution in [2.75, 3.05) is 27.3 Å². The van der Waals surface area contributed by atoms with Crippen LogP contribution in [0, 0.1) is 0 Å². The van der Waals surface area contributed by atoms with E-state index in [0.717, 1.165) is 36.0 Å². The standard InChI is InChI=1S/C16H27N3O2/c1-6-17-16(19-12(2)3)18-10-9-13-11-14(20-4)7-8-15(13)21-5/h7-8,11-12H,6,9-10H2,1-5H3,(H2,17,18,19). The average molecular weight is 293 g/mol. The second-order valence-corrected chi connectivity index (χ2v) is 4.99. The minimum absolute atomic E-state index is 0.356. The highest BCUT2D eigenvalue weighted by Gasteiger charge is 2.05. The molecule has 0 aliphatic carbocycles. The minimum atomic E-state index is 0.356. The maximum atomic E-state index is 5.38. The van der Waals surface area contributed by atoms with Gasteiger partial charge in [-0.2, -0.15) is 0 Å². The third kappa shape index (κ3) is 5.94. The number of benzene rings is 1. The van der Waals surface area contributed by atoms with Crippen molar-refractivity contribution in [3.8, 4) is 11.5 Å². The Balaban J connectivity index is 2.72. The molecule has 0 unspecified atom stereocenters. The lowest BCUT2D eigenvalue weighted by Crippen LogP contribution is -2.41. The Labute approximate surface area is 127 Å². The SMILES string of the molecule is CCNC(=NCCc1cc(OC)ccc1OC)NC(C)C. The van der Waals surface area contributed by atoms with Gasteiger partial charge < -0.3 is 20.1 Å². The lowest BCUT2D eigenvalue weighted by molar-refractivity contribution is 0.399. The lowest BCUT2D eigenvalue weighted by Gasteiger charge is -2.14. The van der Waals surface area contributed by atoms with Crippen LogP contribution in [0.15, 0.2) is 23.2 Å². The molecule has 1 aromatic carbocycles. The molecule has 0 bridgehead atoms. The monoisotopic (exact) mass is 293 g/mol. The van der Waals surface area contributed by atoms with E-state index in [1.54, 1.807) is 14.2 Å². The molecule has 0 amide bonds. The highest BCUT2D eigenvalue weighted by Crippen LogP contribution is 2.24. The number of aliphatic imine (C=N–C) groups is 1. The summed E-state index contributed by atoms with van der Waals surface area (Å²) in [6, 6.07) is 6.18. The van der Waals surface area contributed by atoms with E-state index < -0.39 is 0 Å². The van der Waals surface area contributed by atoms with Crippen molar-refractivity contribution < 1.29 is 9.47 Å². The molecule has 0 aromatic heterocycles. The summed E-state index contributed by atoms with van der Waals surface area (Å²) in [5, 5.41) is 6.54. The van der Waals surface area contributed by atoms with Gasteiger partial charge in [0.05, 0.1) is 14.2 Å². The first-order valence-corrected chi connectivity index (χ1v) is 7.36. The average Bonchev–Trinajstić information content (AvgIpc) is 2.46. The molecule has 0 heterocycles. The highest BCUT2D eigenvalue weighted by atomic mass is 16.5. The number of hydrogen-bond donors (Lipinski definition) is 2. The zero-order valence-electron chi connectivity index (χ0n) is 13.7. The summed E-state index contributed by atoms with van der Waals surface area (Å²) in [5.41, 5.74) is 1.10. The number of guanidine groups is 1. The maximum Gasteiger partial charge on any atom is 0.191 e. The predicted octanol–water partition coefficient (Wildman–Crippen LogP) is 2.21. The van der Waals surface area contributed by atoms with E-state index in [2.05, 4.69) is 36.4 Å². The topological polar surface area (TPSA) is 54.9 Å². The van der Waals surface area contributed by atoms with Crippen molar-refractivity contribution in [3.63, 3.8) is 0 Å². The molecule has 5 heteroatoms. The van der Waals surface area contributed by atoms with Crippen molar-refractivity contribution in [2.45, 2.75) is 33.2 Å². The van der Waals surface area contributed by atoms with Gasteiger partial charge in [0.25, 0.3) is 0 Å². The third-order valence-corrected chi connectivity index (χ3v) is 2.91. The van der Waals surface area contributed by atoms with Crippen molar-refractivity contribution in [2.24, 2.45) is 4.99 Å². The third-order valence-electron chi connectivity index (χ3n) is 2.91. The number of rotatable bonds is 7. The first-order valence-electron chi connectivity index (χ1n) is 7.36. The molecule has 0 aliphatic rings. The molecular formula is C16H27N3O2. The Hall–Kier alpha value is -1.91. The van der Waals surface area contributed by atoms with Crippen LogP contribution in [-0.2, 0) is 6.42 Å². The summed E-state index contributed by atoms with van der Waals surface area (Å²) < 4.78 is 10.6. The number of nitrogens with one attached hydrogen (secondary N) is 2. The van der Waals surface area contributed by atoms with E-state index in [1.165, 1.54) is 0 Å². The normalized spacial score (nSPS) is 11.4. The van der Waals surface area contributed by atoms with Crippen molar-refractivity contribution in [1.82, 2.24) is 10.6 Å². The fraction of sp³-hybridized carbons (Fsp3) is 0.562. The van der Waals surface area contributed by atoms with E-state index >= 15 is 0 Å². The quantitative estimate of drug-likeness (QED) is 0.598. The van der Waals surface area contributed by atoms with E-state index in [0.29, 0.717) is 12.6 Å². The summed E-state index contributed by atoms with van der Waals surface area (Å²) in [4.78, 5) is 4.58. The predicted molar refractivity (Wildman–Crippen MR) is 87.5 cm³/mol. The molecule has 5 nitrogen and oxygen atoms in total. The molecule has 21 heavy (non-hydrogen) atoms. The Morgan fingerprint density at radius 3 is 2.57 bits per heavy atom. The highest BCUT2D eigenvalue weighted by molar-refractivity contribution is 5.79. The first kappa shape index (κ1) is 17.1. The summed E-state index contributed by atoms with van der Waals surface area (Å²) in [6.45, 7) is 7.78. The molecule has 0 saturated carbocycles. The molecule has 118 valence electrons. The lowest BCUT2D eigenvalue weighted by atomic mass is 10.1. The van der Waals surface area contributed by atoms with E-state index in [4.69, 9.17) is 9.47 Å². The van der Waals surface area contributed by atoms with Gasteiger partial charge in [-0.25, -0.2) is 0 Å². The van der Waals surface area contributed by atoms with Crippen LogP contribution in [0.3, 0.4) is 0 Å². The summed E-state index contributed by atoms with van der Waals surface area (Å²) in [7, 11) is 3.35. The zero-order valence-corrected chi connectivity index (χ0v) is 13.7. The van der Waals surface area contributed by atoms with Gasteiger partial charge in [-0.3, -0.25) is 4.99 Å². The van der Waals surface area contributed by atoms with Gasteiger partial charge in [0.2, 0.25) is 0 Å². The second kappa shape index (κ2) is 9.10. The molecule has 0 atom stereocenters. The second-order valence-electron chi connectivity index (χ2n) is 4.99. The minimum Gasteiger partial charge on any atom is -0.497 e. The van der Waals surface area contributed by atoms with Crippen LogP contribution in [0.4, 0.5) is 0 Å². The molecule has 1 aromatic rings. The summed E-state index contributed by atoms with van der Waals surface area (Å²) in [6.07, 6.45) is 0.801. The van der Waals surface area contributed by atoms with Crippen LogP contribution in [0.5, 0.6) is 11.5 Å². The van der Waals surface area contributed by atoms with Gasteiger partial charge in [0.1, 0.15) is 11.5 Å². The fourth-order valence-corrected chi connectivity index (χ4v) is 1.96. The van der Waals surface area contributed by atoms with Gasteiger partial charge in [0, 0.05) is 19.1 Å². The van der Waals surface area contributed by atoms with Crippen LogP contribution >= 0.6 is 0 Å². The molecule has 0 saturated heterocycles. The van der Waals surface area contributed by atoms with Crippen LogP contribution in [0.1, 0.15) is 26.3 Å². The molecular weight excluding hydrogens is 266 g/mol. The molecule has 0 spiro atoms. The van der Waals surface area contributed by atoms with E-state index in [1.807, 2.05) is 18.2 Å². The molecule has 0 aliphatic heterocycles. The Morgan fingerprint density at radius 1 is 1.24 bits per heavy atom. The first-order chi connectivity index (χ1) is 10.1. The summed E-state index contributed by atoms with van der Waals surface area (Å²) in [5.74, 6) is 2.55. The Bertz CT molecular complexity index is 459. The number of hydrogen-bond acceptors (Lipinski definition) is 3. The van der Waals surface area contributed by atoms with Crippen molar-refractivity contribution >= 4 is 5.96 Å². The van der Waals surface area contributed by atoms with Crippen LogP contribution < -0.4 is 20.1 Å². The fourth-order valence-electron chi connectivity index (χ4n) is 1.96. The molecule has 0 fully saturated rings. The number of ether oxygens (including phenoxy) is 2. The van der Waals surface area contributed by atoms with Gasteiger partial charge >= 0.3 is 0 Å². The Kier molecular flexibility index (Phi) is 7.43. The van der Waals surface area contributed by atoms with Gasteiger partial charge in [-0.05, 0) is 51.0 Å². The molecule has 0 radical (unpaired) electrons. The molecule has 2 N–H and O–H groups in total. The number of nitrogens with zero attached hydrogens (tertiary/aromatic N) is 1. The van der Waals surface area contributed by atoms with Crippen molar-refractivity contribution in [3.05, 3.63) is 23.8 Å². The summed E-state index contributed by atoms with van der Waals surface area (Å²) >= 11 is 0. The smallest absolute Gasteiger partial charge is 0.191 e. The van der Waals surface area contributed by atoms with Gasteiger partial charge in [-0.15, -0.1) is 0 Å². The van der Waals surface area contributed by atoms with Crippen LogP contribution in [-0.4, -0.2) is 39.3 Å². The molecule has 1 rings (SSSR count). The van der Waals surface area contributed by atoms with E-state index in [-0.39, 0.29) is 0 Å². The van der Waals surface area contributed by atoms with E-state index in [9.17, 15) is 0 Å². The van der Waals surface area contributed by atoms with Crippen molar-refractivity contribution in [1.29, 1.82) is 0 Å². The van der Waals surface area contributed by atoms with Gasteiger partial charge in [-0.1, -0.05) is 0 Å². The van der Waals surface area contributed by atoms with Crippen LogP contribution in [0.25, 0.3) is 0 Å². The zero-order chi connectivity index (χ0) is 15.7. The maximum absolute atomic E-state index is 5.38. The number of methoxy groups -OCH3 is 2. The van der Waals surface area contributed by atoms with Crippen LogP contribution in [0.2, 0.25) is 0 Å².